The van der Waals surface area contributed by atoms with Crippen LogP contribution in [0.25, 0.3) is 0 Å². The highest BCUT2D eigenvalue weighted by molar-refractivity contribution is 5.25. The molecule has 0 amide bonds. The zero-order chi connectivity index (χ0) is 15.0. The van der Waals surface area contributed by atoms with E-state index in [4.69, 9.17) is 0 Å². The van der Waals surface area contributed by atoms with Crippen LogP contribution in [0, 0.1) is 11.7 Å². The van der Waals surface area contributed by atoms with E-state index in [9.17, 15) is 4.39 Å². The minimum atomic E-state index is -0.0906. The molecule has 0 heterocycles. The summed E-state index contributed by atoms with van der Waals surface area (Å²) in [6.45, 7) is 13.1. The molecular formula is C17H29FN2. The molecule has 0 spiro atoms. The molecular weight excluding hydrogens is 251 g/mol. The standard InChI is InChI=1S/C17H29FN2/c1-5-9-20(6-2)13-16-10-15(7-8-17(16)18)12-19-11-14(3)4/h7-8,10,14,19H,5-6,9,11-13H2,1-4H3. The molecule has 0 fully saturated rings. The number of halogens is 1. The Balaban J connectivity index is 2.65. The summed E-state index contributed by atoms with van der Waals surface area (Å²) in [5.74, 6) is 0.544. The van der Waals surface area contributed by atoms with Crippen LogP contribution in [0.5, 0.6) is 0 Å². The van der Waals surface area contributed by atoms with E-state index < -0.39 is 0 Å². The number of rotatable bonds is 9. The van der Waals surface area contributed by atoms with Crippen LogP contribution in [-0.2, 0) is 13.1 Å². The Kier molecular flexibility index (Phi) is 7.78. The van der Waals surface area contributed by atoms with Crippen molar-refractivity contribution in [3.05, 3.63) is 35.1 Å². The van der Waals surface area contributed by atoms with Gasteiger partial charge in [-0.25, -0.2) is 4.39 Å². The zero-order valence-electron chi connectivity index (χ0n) is 13.4. The molecule has 0 aliphatic carbocycles. The van der Waals surface area contributed by atoms with Gasteiger partial charge in [-0.05, 0) is 43.6 Å². The molecule has 1 N–H and O–H groups in total. The van der Waals surface area contributed by atoms with Crippen molar-refractivity contribution in [1.29, 1.82) is 0 Å². The number of benzene rings is 1. The third kappa shape index (κ3) is 6.02. The lowest BCUT2D eigenvalue weighted by Gasteiger charge is -2.20. The second-order valence-electron chi connectivity index (χ2n) is 5.82. The summed E-state index contributed by atoms with van der Waals surface area (Å²) in [6, 6.07) is 5.48. The lowest BCUT2D eigenvalue weighted by Crippen LogP contribution is -2.24. The van der Waals surface area contributed by atoms with Gasteiger partial charge in [0.05, 0.1) is 0 Å². The van der Waals surface area contributed by atoms with Crippen LogP contribution in [0.3, 0.4) is 0 Å². The lowest BCUT2D eigenvalue weighted by atomic mass is 10.1. The lowest BCUT2D eigenvalue weighted by molar-refractivity contribution is 0.276. The van der Waals surface area contributed by atoms with E-state index in [1.165, 1.54) is 0 Å². The Morgan fingerprint density at radius 1 is 1.25 bits per heavy atom. The number of hydrogen-bond acceptors (Lipinski definition) is 2. The van der Waals surface area contributed by atoms with Gasteiger partial charge in [0.2, 0.25) is 0 Å². The zero-order valence-corrected chi connectivity index (χ0v) is 13.4. The average molecular weight is 280 g/mol. The molecule has 0 saturated carbocycles. The van der Waals surface area contributed by atoms with E-state index in [1.807, 2.05) is 12.1 Å². The highest BCUT2D eigenvalue weighted by Gasteiger charge is 2.08. The van der Waals surface area contributed by atoms with Crippen molar-refractivity contribution in [3.63, 3.8) is 0 Å². The Labute approximate surface area is 123 Å². The van der Waals surface area contributed by atoms with Gasteiger partial charge in [-0.2, -0.15) is 0 Å². The molecule has 1 aromatic rings. The molecule has 0 aromatic heterocycles. The summed E-state index contributed by atoms with van der Waals surface area (Å²) in [7, 11) is 0. The van der Waals surface area contributed by atoms with Gasteiger partial charge in [0.15, 0.2) is 0 Å². The van der Waals surface area contributed by atoms with Crippen molar-refractivity contribution in [2.45, 2.75) is 47.2 Å². The molecule has 3 heteroatoms. The second kappa shape index (κ2) is 9.09. The first kappa shape index (κ1) is 17.1. The van der Waals surface area contributed by atoms with Crippen molar-refractivity contribution >= 4 is 0 Å². The van der Waals surface area contributed by atoms with Crippen LogP contribution in [0.15, 0.2) is 18.2 Å². The number of nitrogens with one attached hydrogen (secondary N) is 1. The summed E-state index contributed by atoms with van der Waals surface area (Å²) in [5.41, 5.74) is 1.97. The van der Waals surface area contributed by atoms with Gasteiger partial charge in [0, 0.05) is 18.7 Å². The van der Waals surface area contributed by atoms with Crippen LogP contribution in [0.4, 0.5) is 4.39 Å². The van der Waals surface area contributed by atoms with Gasteiger partial charge in [0.25, 0.3) is 0 Å². The maximum atomic E-state index is 13.9. The summed E-state index contributed by atoms with van der Waals surface area (Å²) in [5, 5.41) is 3.40. The minimum absolute atomic E-state index is 0.0906. The quantitative estimate of drug-likeness (QED) is 0.740. The first-order valence-electron chi connectivity index (χ1n) is 7.77. The molecule has 20 heavy (non-hydrogen) atoms. The van der Waals surface area contributed by atoms with E-state index in [0.717, 1.165) is 43.7 Å². The van der Waals surface area contributed by atoms with Crippen molar-refractivity contribution < 1.29 is 4.39 Å². The van der Waals surface area contributed by atoms with E-state index in [-0.39, 0.29) is 5.82 Å². The molecule has 2 nitrogen and oxygen atoms in total. The summed E-state index contributed by atoms with van der Waals surface area (Å²) >= 11 is 0. The van der Waals surface area contributed by atoms with Crippen molar-refractivity contribution in [2.75, 3.05) is 19.6 Å². The molecule has 0 atom stereocenters. The highest BCUT2D eigenvalue weighted by Crippen LogP contribution is 2.13. The fourth-order valence-corrected chi connectivity index (χ4v) is 2.27. The van der Waals surface area contributed by atoms with Crippen LogP contribution in [0.2, 0.25) is 0 Å². The Morgan fingerprint density at radius 3 is 2.60 bits per heavy atom. The van der Waals surface area contributed by atoms with Gasteiger partial charge in [-0.3, -0.25) is 4.90 Å². The van der Waals surface area contributed by atoms with Gasteiger partial charge >= 0.3 is 0 Å². The maximum absolute atomic E-state index is 13.9. The fourth-order valence-electron chi connectivity index (χ4n) is 2.27. The molecule has 114 valence electrons. The molecule has 0 radical (unpaired) electrons. The first-order chi connectivity index (χ1) is 9.56. The van der Waals surface area contributed by atoms with Gasteiger partial charge in [-0.15, -0.1) is 0 Å². The molecule has 1 rings (SSSR count). The third-order valence-corrected chi connectivity index (χ3v) is 3.37. The van der Waals surface area contributed by atoms with Crippen LogP contribution in [-0.4, -0.2) is 24.5 Å². The van der Waals surface area contributed by atoms with E-state index >= 15 is 0 Å². The normalized spacial score (nSPS) is 11.6. The SMILES string of the molecule is CCCN(CC)Cc1cc(CNCC(C)C)ccc1F. The van der Waals surface area contributed by atoms with Crippen LogP contribution < -0.4 is 5.32 Å². The van der Waals surface area contributed by atoms with Gasteiger partial charge < -0.3 is 5.32 Å². The number of nitrogens with zero attached hydrogens (tertiary/aromatic N) is 1. The van der Waals surface area contributed by atoms with Crippen LogP contribution >= 0.6 is 0 Å². The molecule has 1 aromatic carbocycles. The monoisotopic (exact) mass is 280 g/mol. The summed E-state index contributed by atoms with van der Waals surface area (Å²) in [4.78, 5) is 2.28. The van der Waals surface area contributed by atoms with Crippen molar-refractivity contribution in [1.82, 2.24) is 10.2 Å². The Morgan fingerprint density at radius 2 is 2.00 bits per heavy atom. The first-order valence-corrected chi connectivity index (χ1v) is 7.77. The smallest absolute Gasteiger partial charge is 0.127 e. The Bertz CT molecular complexity index is 391. The average Bonchev–Trinajstić information content (AvgIpc) is 2.41. The largest absolute Gasteiger partial charge is 0.312 e. The van der Waals surface area contributed by atoms with E-state index in [0.29, 0.717) is 12.5 Å². The van der Waals surface area contributed by atoms with Crippen molar-refractivity contribution in [3.8, 4) is 0 Å². The molecule has 0 aliphatic rings. The summed E-state index contributed by atoms with van der Waals surface area (Å²) < 4.78 is 13.9. The highest BCUT2D eigenvalue weighted by atomic mass is 19.1. The summed E-state index contributed by atoms with van der Waals surface area (Å²) in [6.07, 6.45) is 1.10. The maximum Gasteiger partial charge on any atom is 0.127 e. The second-order valence-corrected chi connectivity index (χ2v) is 5.82. The molecule has 0 aliphatic heterocycles. The number of hydrogen-bond donors (Lipinski definition) is 1. The van der Waals surface area contributed by atoms with Gasteiger partial charge in [0.1, 0.15) is 5.82 Å². The minimum Gasteiger partial charge on any atom is -0.312 e. The van der Waals surface area contributed by atoms with E-state index in [2.05, 4.69) is 37.9 Å². The third-order valence-electron chi connectivity index (χ3n) is 3.37. The predicted molar refractivity (Wildman–Crippen MR) is 84.2 cm³/mol. The van der Waals surface area contributed by atoms with Gasteiger partial charge in [-0.1, -0.05) is 39.8 Å². The van der Waals surface area contributed by atoms with Crippen molar-refractivity contribution in [2.24, 2.45) is 5.92 Å². The fraction of sp³-hybridized carbons (Fsp3) is 0.647. The molecule has 0 unspecified atom stereocenters. The molecule has 0 saturated heterocycles. The Hall–Kier alpha value is -0.930. The predicted octanol–water partition coefficient (Wildman–Crippen LogP) is 3.80. The topological polar surface area (TPSA) is 15.3 Å². The molecule has 0 bridgehead atoms. The van der Waals surface area contributed by atoms with E-state index in [1.54, 1.807) is 6.07 Å². The van der Waals surface area contributed by atoms with Crippen LogP contribution in [0.1, 0.15) is 45.2 Å².